The van der Waals surface area contributed by atoms with E-state index >= 15 is 0 Å². The van der Waals surface area contributed by atoms with E-state index in [1.807, 2.05) is 19.4 Å². The molecule has 1 N–H and O–H groups in total. The zero-order chi connectivity index (χ0) is 8.39. The van der Waals surface area contributed by atoms with Crippen molar-refractivity contribution in [3.63, 3.8) is 0 Å². The number of aryl methyl sites for hydroxylation is 1. The Morgan fingerprint density at radius 2 is 2.50 bits per heavy atom. The summed E-state index contributed by atoms with van der Waals surface area (Å²) in [6.07, 6.45) is 7.64. The molecular formula is C10H14N2. The van der Waals surface area contributed by atoms with Crippen LogP contribution in [0.4, 0.5) is 0 Å². The molecule has 2 heteroatoms. The Labute approximate surface area is 73.0 Å². The second-order valence-corrected chi connectivity index (χ2v) is 3.31. The van der Waals surface area contributed by atoms with Gasteiger partial charge >= 0.3 is 0 Å². The van der Waals surface area contributed by atoms with Crippen LogP contribution >= 0.6 is 0 Å². The number of nitrogens with zero attached hydrogens (tertiary/aromatic N) is 1. The summed E-state index contributed by atoms with van der Waals surface area (Å²) in [5.74, 6) is 0. The molecule has 12 heavy (non-hydrogen) atoms. The maximum absolute atomic E-state index is 4.16. The van der Waals surface area contributed by atoms with E-state index in [2.05, 4.69) is 16.4 Å². The fraction of sp³-hybridized carbons (Fsp3) is 0.500. The van der Waals surface area contributed by atoms with Crippen LogP contribution in [0.1, 0.15) is 30.0 Å². The van der Waals surface area contributed by atoms with Crippen LogP contribution in [-0.2, 0) is 6.42 Å². The minimum Gasteiger partial charge on any atom is -0.313 e. The maximum Gasteiger partial charge on any atom is 0.0335 e. The van der Waals surface area contributed by atoms with Crippen molar-refractivity contribution in [2.45, 2.75) is 25.3 Å². The van der Waals surface area contributed by atoms with Crippen LogP contribution in [0.5, 0.6) is 0 Å². The topological polar surface area (TPSA) is 24.9 Å². The van der Waals surface area contributed by atoms with Gasteiger partial charge < -0.3 is 5.32 Å². The minimum atomic E-state index is 0.530. The highest BCUT2D eigenvalue weighted by Crippen LogP contribution is 2.27. The van der Waals surface area contributed by atoms with E-state index in [-0.39, 0.29) is 0 Å². The van der Waals surface area contributed by atoms with E-state index in [4.69, 9.17) is 0 Å². The molecule has 0 radical (unpaired) electrons. The molecule has 0 amide bonds. The molecule has 1 aliphatic rings. The predicted octanol–water partition coefficient (Wildman–Crippen LogP) is 1.68. The molecule has 0 saturated carbocycles. The molecule has 1 aromatic heterocycles. The molecule has 1 atom stereocenters. The van der Waals surface area contributed by atoms with Crippen molar-refractivity contribution in [2.75, 3.05) is 7.05 Å². The van der Waals surface area contributed by atoms with Crippen molar-refractivity contribution in [2.24, 2.45) is 0 Å². The summed E-state index contributed by atoms with van der Waals surface area (Å²) in [6, 6.07) is 2.67. The van der Waals surface area contributed by atoms with E-state index in [1.54, 1.807) is 0 Å². The van der Waals surface area contributed by atoms with Crippen LogP contribution in [-0.4, -0.2) is 12.0 Å². The van der Waals surface area contributed by atoms with E-state index in [9.17, 15) is 0 Å². The van der Waals surface area contributed by atoms with Gasteiger partial charge in [-0.3, -0.25) is 4.98 Å². The fourth-order valence-corrected chi connectivity index (χ4v) is 1.93. The van der Waals surface area contributed by atoms with Gasteiger partial charge in [-0.05, 0) is 43.5 Å². The number of hydrogen-bond acceptors (Lipinski definition) is 2. The lowest BCUT2D eigenvalue weighted by Crippen LogP contribution is -2.21. The molecule has 1 unspecified atom stereocenters. The molecule has 64 valence electrons. The van der Waals surface area contributed by atoms with Gasteiger partial charge in [-0.2, -0.15) is 0 Å². The third-order valence-electron chi connectivity index (χ3n) is 2.61. The van der Waals surface area contributed by atoms with E-state index < -0.39 is 0 Å². The first-order chi connectivity index (χ1) is 5.92. The SMILES string of the molecule is CNC1CCCc2ccncc21. The maximum atomic E-state index is 4.16. The zero-order valence-corrected chi connectivity index (χ0v) is 7.38. The Morgan fingerprint density at radius 3 is 3.33 bits per heavy atom. The van der Waals surface area contributed by atoms with Crippen molar-refractivity contribution in [1.82, 2.24) is 10.3 Å². The van der Waals surface area contributed by atoms with Crippen LogP contribution in [0, 0.1) is 0 Å². The highest BCUT2D eigenvalue weighted by molar-refractivity contribution is 5.28. The first-order valence-electron chi connectivity index (χ1n) is 4.52. The van der Waals surface area contributed by atoms with Gasteiger partial charge in [0.1, 0.15) is 0 Å². The number of hydrogen-bond donors (Lipinski definition) is 1. The zero-order valence-electron chi connectivity index (χ0n) is 7.38. The first kappa shape index (κ1) is 7.74. The van der Waals surface area contributed by atoms with Crippen molar-refractivity contribution < 1.29 is 0 Å². The fourth-order valence-electron chi connectivity index (χ4n) is 1.93. The van der Waals surface area contributed by atoms with Gasteiger partial charge in [0.2, 0.25) is 0 Å². The van der Waals surface area contributed by atoms with Crippen LogP contribution < -0.4 is 5.32 Å². The summed E-state index contributed by atoms with van der Waals surface area (Å²) in [4.78, 5) is 4.16. The molecular weight excluding hydrogens is 148 g/mol. The summed E-state index contributed by atoms with van der Waals surface area (Å²) in [5, 5.41) is 3.32. The highest BCUT2D eigenvalue weighted by Gasteiger charge is 2.17. The largest absolute Gasteiger partial charge is 0.313 e. The predicted molar refractivity (Wildman–Crippen MR) is 49.0 cm³/mol. The minimum absolute atomic E-state index is 0.530. The van der Waals surface area contributed by atoms with Crippen molar-refractivity contribution >= 4 is 0 Å². The highest BCUT2D eigenvalue weighted by atomic mass is 14.9. The van der Waals surface area contributed by atoms with Gasteiger partial charge in [0.25, 0.3) is 0 Å². The van der Waals surface area contributed by atoms with Crippen LogP contribution in [0.25, 0.3) is 0 Å². The van der Waals surface area contributed by atoms with Gasteiger partial charge in [-0.15, -0.1) is 0 Å². The quantitative estimate of drug-likeness (QED) is 0.679. The summed E-state index contributed by atoms with van der Waals surface area (Å²) < 4.78 is 0. The Kier molecular flexibility index (Phi) is 2.09. The van der Waals surface area contributed by atoms with Gasteiger partial charge in [0.05, 0.1) is 0 Å². The molecule has 1 aliphatic carbocycles. The average Bonchev–Trinajstić information content (AvgIpc) is 2.17. The number of aromatic nitrogens is 1. The Balaban J connectivity index is 2.37. The summed E-state index contributed by atoms with van der Waals surface area (Å²) in [5.41, 5.74) is 2.86. The summed E-state index contributed by atoms with van der Waals surface area (Å²) in [6.45, 7) is 0. The second-order valence-electron chi connectivity index (χ2n) is 3.31. The second kappa shape index (κ2) is 3.23. The van der Waals surface area contributed by atoms with Gasteiger partial charge in [-0.25, -0.2) is 0 Å². The lowest BCUT2D eigenvalue weighted by molar-refractivity contribution is 0.494. The molecule has 2 nitrogen and oxygen atoms in total. The van der Waals surface area contributed by atoms with E-state index in [0.29, 0.717) is 6.04 Å². The van der Waals surface area contributed by atoms with Crippen molar-refractivity contribution in [3.8, 4) is 0 Å². The molecule has 0 aliphatic heterocycles. The molecule has 0 fully saturated rings. The third-order valence-corrected chi connectivity index (χ3v) is 2.61. The summed E-state index contributed by atoms with van der Waals surface area (Å²) in [7, 11) is 2.02. The number of pyridine rings is 1. The number of rotatable bonds is 1. The smallest absolute Gasteiger partial charge is 0.0335 e. The van der Waals surface area contributed by atoms with Gasteiger partial charge in [-0.1, -0.05) is 0 Å². The Bertz CT molecular complexity index is 270. The molecule has 1 aromatic rings. The summed E-state index contributed by atoms with van der Waals surface area (Å²) >= 11 is 0. The third kappa shape index (κ3) is 1.23. The molecule has 1 heterocycles. The van der Waals surface area contributed by atoms with E-state index in [1.165, 1.54) is 30.4 Å². The molecule has 2 rings (SSSR count). The van der Waals surface area contributed by atoms with Crippen LogP contribution in [0.15, 0.2) is 18.5 Å². The first-order valence-corrected chi connectivity index (χ1v) is 4.52. The van der Waals surface area contributed by atoms with Crippen LogP contribution in [0.2, 0.25) is 0 Å². The Morgan fingerprint density at radius 1 is 1.58 bits per heavy atom. The van der Waals surface area contributed by atoms with Gasteiger partial charge in [0.15, 0.2) is 0 Å². The molecule has 0 bridgehead atoms. The standard InChI is InChI=1S/C10H14N2/c1-11-10-4-2-3-8-5-6-12-7-9(8)10/h5-7,10-11H,2-4H2,1H3. The van der Waals surface area contributed by atoms with Crippen molar-refractivity contribution in [3.05, 3.63) is 29.6 Å². The molecule has 0 aromatic carbocycles. The van der Waals surface area contributed by atoms with E-state index in [0.717, 1.165) is 0 Å². The monoisotopic (exact) mass is 162 g/mol. The molecule has 0 spiro atoms. The van der Waals surface area contributed by atoms with Gasteiger partial charge in [0, 0.05) is 18.4 Å². The lowest BCUT2D eigenvalue weighted by atomic mass is 9.89. The Hall–Kier alpha value is -0.890. The van der Waals surface area contributed by atoms with Crippen molar-refractivity contribution in [1.29, 1.82) is 0 Å². The van der Waals surface area contributed by atoms with Crippen LogP contribution in [0.3, 0.4) is 0 Å². The normalized spacial score (nSPS) is 21.9. The lowest BCUT2D eigenvalue weighted by Gasteiger charge is -2.24. The average molecular weight is 162 g/mol. The molecule has 0 saturated heterocycles. The number of nitrogens with one attached hydrogen (secondary N) is 1. The number of fused-ring (bicyclic) bond motifs is 1.